The van der Waals surface area contributed by atoms with Gasteiger partial charge in [-0.25, -0.2) is 13.2 Å². The van der Waals surface area contributed by atoms with E-state index < -0.39 is 17.8 Å². The Kier molecular flexibility index (Phi) is 7.26. The molecule has 6 heteroatoms. The van der Waals surface area contributed by atoms with E-state index in [4.69, 9.17) is 0 Å². The lowest BCUT2D eigenvalue weighted by Gasteiger charge is -2.25. The van der Waals surface area contributed by atoms with Gasteiger partial charge < -0.3 is 0 Å². The predicted octanol–water partition coefficient (Wildman–Crippen LogP) is 8.08. The van der Waals surface area contributed by atoms with Crippen LogP contribution in [-0.4, -0.2) is 6.18 Å². The van der Waals surface area contributed by atoms with Gasteiger partial charge in [0.25, 0.3) is 5.92 Å². The van der Waals surface area contributed by atoms with Gasteiger partial charge in [-0.05, 0) is 99.5 Å². The largest absolute Gasteiger partial charge is 0.426 e. The van der Waals surface area contributed by atoms with E-state index in [0.717, 1.165) is 29.2 Å². The molecule has 162 valence electrons. The molecule has 0 N–H and O–H groups in total. The molecule has 0 spiro atoms. The third kappa shape index (κ3) is 5.77. The highest BCUT2D eigenvalue weighted by Crippen LogP contribution is 2.42. The van der Waals surface area contributed by atoms with Crippen LogP contribution in [0.25, 0.3) is 0 Å². The van der Waals surface area contributed by atoms with Crippen LogP contribution in [0.15, 0.2) is 24.3 Å². The molecule has 2 rings (SSSR count). The van der Waals surface area contributed by atoms with Crippen molar-refractivity contribution in [1.82, 2.24) is 0 Å². The van der Waals surface area contributed by atoms with Crippen LogP contribution in [0, 0.1) is 41.5 Å². The molecule has 0 heterocycles. The standard InChI is InChI=1S/C12H14F4.C11H14F2/c1-7-5-10(6-8(2)9(7)3)11(4,13)12(14,15)16;1-7-5-10(11(4,12)13)6-8(2)9(7)3/h5-6H,1-4H3;5-6H,1-4H3. The third-order valence-electron chi connectivity index (χ3n) is 5.44. The van der Waals surface area contributed by atoms with Gasteiger partial charge in [0.1, 0.15) is 0 Å². The monoisotopic (exact) mass is 418 g/mol. The van der Waals surface area contributed by atoms with Crippen molar-refractivity contribution >= 4 is 0 Å². The van der Waals surface area contributed by atoms with E-state index in [2.05, 4.69) is 0 Å². The van der Waals surface area contributed by atoms with Crippen molar-refractivity contribution < 1.29 is 26.3 Å². The Morgan fingerprint density at radius 1 is 0.517 bits per heavy atom. The summed E-state index contributed by atoms with van der Waals surface area (Å²) in [6.07, 6.45) is -4.89. The van der Waals surface area contributed by atoms with Crippen LogP contribution in [0.4, 0.5) is 26.3 Å². The fraction of sp³-hybridized carbons (Fsp3) is 0.478. The molecule has 1 unspecified atom stereocenters. The summed E-state index contributed by atoms with van der Waals surface area (Å²) in [6, 6.07) is 5.64. The Morgan fingerprint density at radius 2 is 0.793 bits per heavy atom. The Hall–Kier alpha value is -1.98. The second kappa shape index (κ2) is 8.41. The highest BCUT2D eigenvalue weighted by Gasteiger charge is 2.53. The van der Waals surface area contributed by atoms with Crippen molar-refractivity contribution in [3.8, 4) is 0 Å². The fourth-order valence-electron chi connectivity index (χ4n) is 2.76. The van der Waals surface area contributed by atoms with Gasteiger partial charge in [-0.2, -0.15) is 13.2 Å². The lowest BCUT2D eigenvalue weighted by Crippen LogP contribution is -2.35. The number of alkyl halides is 6. The first-order valence-electron chi connectivity index (χ1n) is 9.19. The summed E-state index contributed by atoms with van der Waals surface area (Å²) in [7, 11) is 0. The van der Waals surface area contributed by atoms with Crippen LogP contribution in [0.1, 0.15) is 58.4 Å². The number of hydrogen-bond acceptors (Lipinski definition) is 0. The molecule has 0 radical (unpaired) electrons. The van der Waals surface area contributed by atoms with E-state index in [9.17, 15) is 26.3 Å². The van der Waals surface area contributed by atoms with Crippen LogP contribution in [0.5, 0.6) is 0 Å². The molecule has 0 nitrogen and oxygen atoms in total. The minimum Gasteiger partial charge on any atom is -0.229 e. The minimum absolute atomic E-state index is 0.105. The molecule has 0 saturated heterocycles. The van der Waals surface area contributed by atoms with Gasteiger partial charge in [-0.1, -0.05) is 12.1 Å². The molecule has 2 aromatic carbocycles. The average Bonchev–Trinajstić information content (AvgIpc) is 2.55. The van der Waals surface area contributed by atoms with Crippen molar-refractivity contribution in [3.63, 3.8) is 0 Å². The van der Waals surface area contributed by atoms with Gasteiger partial charge in [-0.3, -0.25) is 0 Å². The van der Waals surface area contributed by atoms with Crippen molar-refractivity contribution in [2.24, 2.45) is 0 Å². The molecular formula is C23H28F6. The van der Waals surface area contributed by atoms with Gasteiger partial charge in [0.05, 0.1) is 0 Å². The first-order valence-corrected chi connectivity index (χ1v) is 9.19. The lowest BCUT2D eigenvalue weighted by atomic mass is 9.91. The van der Waals surface area contributed by atoms with E-state index in [1.807, 2.05) is 20.8 Å². The second-order valence-electron chi connectivity index (χ2n) is 7.86. The summed E-state index contributed by atoms with van der Waals surface area (Å²) in [5, 5.41) is 0. The van der Waals surface area contributed by atoms with E-state index in [0.29, 0.717) is 18.1 Å². The average molecular weight is 418 g/mol. The molecule has 0 aliphatic rings. The zero-order valence-electron chi connectivity index (χ0n) is 18.1. The van der Waals surface area contributed by atoms with Crippen LogP contribution < -0.4 is 0 Å². The molecule has 0 saturated carbocycles. The molecule has 0 aliphatic heterocycles. The quantitative estimate of drug-likeness (QED) is 0.433. The smallest absolute Gasteiger partial charge is 0.229 e. The van der Waals surface area contributed by atoms with Gasteiger partial charge in [0.15, 0.2) is 0 Å². The highest BCUT2D eigenvalue weighted by molar-refractivity contribution is 5.40. The maximum Gasteiger partial charge on any atom is 0.426 e. The molecule has 0 bridgehead atoms. The van der Waals surface area contributed by atoms with Gasteiger partial charge in [0, 0.05) is 12.5 Å². The van der Waals surface area contributed by atoms with Crippen LogP contribution in [0.2, 0.25) is 0 Å². The molecule has 0 aliphatic carbocycles. The molecular weight excluding hydrogens is 390 g/mol. The zero-order valence-corrected chi connectivity index (χ0v) is 18.1. The third-order valence-corrected chi connectivity index (χ3v) is 5.44. The normalized spacial score (nSPS) is 14.1. The molecule has 29 heavy (non-hydrogen) atoms. The molecule has 0 amide bonds. The van der Waals surface area contributed by atoms with Crippen LogP contribution in [-0.2, 0) is 11.6 Å². The lowest BCUT2D eigenvalue weighted by molar-refractivity contribution is -0.228. The summed E-state index contributed by atoms with van der Waals surface area (Å²) in [5.74, 6) is -2.73. The van der Waals surface area contributed by atoms with Crippen molar-refractivity contribution in [2.75, 3.05) is 0 Å². The summed E-state index contributed by atoms with van der Waals surface area (Å²) >= 11 is 0. The summed E-state index contributed by atoms with van der Waals surface area (Å²) in [4.78, 5) is 0. The first-order chi connectivity index (χ1) is 12.9. The van der Waals surface area contributed by atoms with E-state index in [-0.39, 0.29) is 11.1 Å². The topological polar surface area (TPSA) is 0 Å². The second-order valence-corrected chi connectivity index (χ2v) is 7.86. The molecule has 0 aromatic heterocycles. The SMILES string of the molecule is Cc1cc(C(C)(F)C(F)(F)F)cc(C)c1C.Cc1cc(C(C)(F)F)cc(C)c1C. The van der Waals surface area contributed by atoms with Crippen LogP contribution in [0.3, 0.4) is 0 Å². The van der Waals surface area contributed by atoms with Crippen molar-refractivity contribution in [2.45, 2.75) is 73.2 Å². The number of halogens is 6. The van der Waals surface area contributed by atoms with E-state index in [1.54, 1.807) is 32.9 Å². The molecule has 0 fully saturated rings. The van der Waals surface area contributed by atoms with Crippen LogP contribution >= 0.6 is 0 Å². The Bertz CT molecular complexity index is 824. The van der Waals surface area contributed by atoms with Crippen molar-refractivity contribution in [1.29, 1.82) is 0 Å². The molecule has 2 aromatic rings. The summed E-state index contributed by atoms with van der Waals surface area (Å²) in [6.45, 7) is 12.3. The predicted molar refractivity (Wildman–Crippen MR) is 105 cm³/mol. The zero-order chi connectivity index (χ0) is 22.9. The van der Waals surface area contributed by atoms with Gasteiger partial charge >= 0.3 is 6.18 Å². The fourth-order valence-corrected chi connectivity index (χ4v) is 2.76. The maximum absolute atomic E-state index is 13.7. The first kappa shape index (κ1) is 25.1. The van der Waals surface area contributed by atoms with Gasteiger partial charge in [-0.15, -0.1) is 0 Å². The molecule has 1 atom stereocenters. The number of benzene rings is 2. The number of rotatable bonds is 2. The number of hydrogen-bond donors (Lipinski definition) is 0. The Labute approximate surface area is 169 Å². The van der Waals surface area contributed by atoms with Crippen molar-refractivity contribution in [3.05, 3.63) is 68.8 Å². The Balaban J connectivity index is 0.000000296. The highest BCUT2D eigenvalue weighted by atomic mass is 19.4. The summed E-state index contributed by atoms with van der Waals surface area (Å²) in [5.41, 5.74) is 1.65. The maximum atomic E-state index is 13.7. The van der Waals surface area contributed by atoms with E-state index >= 15 is 0 Å². The van der Waals surface area contributed by atoms with E-state index in [1.165, 1.54) is 12.1 Å². The minimum atomic E-state index is -4.89. The number of aryl methyl sites for hydroxylation is 4. The Morgan fingerprint density at radius 3 is 1.03 bits per heavy atom. The summed E-state index contributed by atoms with van der Waals surface area (Å²) < 4.78 is 77.1. The van der Waals surface area contributed by atoms with Gasteiger partial charge in [0.2, 0.25) is 5.67 Å².